The number of nitrogens with one attached hydrogen (secondary N) is 1. The second-order valence-electron chi connectivity index (χ2n) is 5.52. The fourth-order valence-corrected chi connectivity index (χ4v) is 2.29. The third-order valence-electron chi connectivity index (χ3n) is 3.30. The molecule has 0 aliphatic carbocycles. The second kappa shape index (κ2) is 8.64. The Morgan fingerprint density at radius 1 is 1.17 bits per heavy atom. The minimum Gasteiger partial charge on any atom is -0.319 e. The third kappa shape index (κ3) is 6.00. The van der Waals surface area contributed by atoms with Gasteiger partial charge in [0.25, 0.3) is 0 Å². The van der Waals surface area contributed by atoms with Gasteiger partial charge in [-0.15, -0.1) is 0 Å². The van der Waals surface area contributed by atoms with Crippen molar-refractivity contribution < 1.29 is 4.79 Å². The van der Waals surface area contributed by atoms with Gasteiger partial charge in [-0.1, -0.05) is 28.1 Å². The molecule has 122 valence electrons. The maximum Gasteiger partial charge on any atom is 0.322 e. The molecule has 0 aliphatic heterocycles. The number of carbonyl (C=O) groups is 1. The number of urea groups is 1. The van der Waals surface area contributed by atoms with Crippen molar-refractivity contribution in [3.05, 3.63) is 58.8 Å². The molecule has 23 heavy (non-hydrogen) atoms. The summed E-state index contributed by atoms with van der Waals surface area (Å²) in [6.45, 7) is 2.01. The predicted molar refractivity (Wildman–Crippen MR) is 96.4 cm³/mol. The first kappa shape index (κ1) is 17.4. The van der Waals surface area contributed by atoms with E-state index in [0.717, 1.165) is 16.6 Å². The summed E-state index contributed by atoms with van der Waals surface area (Å²) in [4.78, 5) is 20.4. The van der Waals surface area contributed by atoms with Crippen molar-refractivity contribution in [1.82, 2.24) is 14.8 Å². The van der Waals surface area contributed by atoms with Crippen LogP contribution in [0.3, 0.4) is 0 Å². The number of benzene rings is 1. The monoisotopic (exact) mass is 376 g/mol. The summed E-state index contributed by atoms with van der Waals surface area (Å²) in [5.41, 5.74) is 1.79. The number of aromatic nitrogens is 1. The molecule has 0 spiro atoms. The first-order chi connectivity index (χ1) is 11.0. The number of carbonyl (C=O) groups excluding carboxylic acids is 1. The lowest BCUT2D eigenvalue weighted by atomic mass is 10.2. The standard InChI is InChI=1S/C17H21BrN4O/c1-21(2)10-11-22(13-14-5-7-15(18)8-6-14)17(23)20-16-4-3-9-19-12-16/h3-9,12H,10-11,13H2,1-2H3,(H,20,23). The zero-order chi connectivity index (χ0) is 16.7. The summed E-state index contributed by atoms with van der Waals surface area (Å²) < 4.78 is 1.03. The molecule has 0 aliphatic rings. The molecule has 2 aromatic rings. The van der Waals surface area contributed by atoms with E-state index < -0.39 is 0 Å². The summed E-state index contributed by atoms with van der Waals surface area (Å²) in [6.07, 6.45) is 3.32. The van der Waals surface area contributed by atoms with Crippen molar-refractivity contribution in [3.8, 4) is 0 Å². The van der Waals surface area contributed by atoms with Gasteiger partial charge in [0.1, 0.15) is 0 Å². The number of rotatable bonds is 6. The molecule has 0 atom stereocenters. The summed E-state index contributed by atoms with van der Waals surface area (Å²) in [7, 11) is 3.99. The summed E-state index contributed by atoms with van der Waals surface area (Å²) in [6, 6.07) is 11.5. The zero-order valence-electron chi connectivity index (χ0n) is 13.4. The van der Waals surface area contributed by atoms with E-state index in [1.807, 2.05) is 44.4 Å². The lowest BCUT2D eigenvalue weighted by Gasteiger charge is -2.25. The van der Waals surface area contributed by atoms with Crippen molar-refractivity contribution >= 4 is 27.6 Å². The lowest BCUT2D eigenvalue weighted by molar-refractivity contribution is 0.202. The van der Waals surface area contributed by atoms with E-state index in [4.69, 9.17) is 0 Å². The molecule has 0 saturated carbocycles. The van der Waals surface area contributed by atoms with Crippen molar-refractivity contribution in [1.29, 1.82) is 0 Å². The molecular weight excluding hydrogens is 356 g/mol. The molecule has 0 bridgehead atoms. The molecule has 5 nitrogen and oxygen atoms in total. The van der Waals surface area contributed by atoms with Crippen LogP contribution >= 0.6 is 15.9 Å². The molecule has 2 rings (SSSR count). The minimum atomic E-state index is -0.122. The van der Waals surface area contributed by atoms with Gasteiger partial charge in [-0.05, 0) is 43.9 Å². The number of amides is 2. The number of hydrogen-bond acceptors (Lipinski definition) is 3. The molecule has 0 fully saturated rings. The number of anilines is 1. The Kier molecular flexibility index (Phi) is 6.55. The highest BCUT2D eigenvalue weighted by molar-refractivity contribution is 9.10. The number of nitrogens with zero attached hydrogens (tertiary/aromatic N) is 3. The molecule has 0 unspecified atom stereocenters. The van der Waals surface area contributed by atoms with Crippen molar-refractivity contribution in [2.75, 3.05) is 32.5 Å². The predicted octanol–water partition coefficient (Wildman–Crippen LogP) is 3.44. The van der Waals surface area contributed by atoms with E-state index in [0.29, 0.717) is 18.8 Å². The van der Waals surface area contributed by atoms with Gasteiger partial charge in [0.2, 0.25) is 0 Å². The maximum atomic E-state index is 12.6. The normalized spacial score (nSPS) is 10.6. The highest BCUT2D eigenvalue weighted by atomic mass is 79.9. The average Bonchev–Trinajstić information content (AvgIpc) is 2.54. The third-order valence-corrected chi connectivity index (χ3v) is 3.83. The van der Waals surface area contributed by atoms with E-state index in [-0.39, 0.29) is 6.03 Å². The van der Waals surface area contributed by atoms with Gasteiger partial charge in [-0.2, -0.15) is 0 Å². The average molecular weight is 377 g/mol. The minimum absolute atomic E-state index is 0.122. The molecule has 6 heteroatoms. The van der Waals surface area contributed by atoms with Crippen molar-refractivity contribution in [2.24, 2.45) is 0 Å². The smallest absolute Gasteiger partial charge is 0.319 e. The van der Waals surface area contributed by atoms with Gasteiger partial charge in [-0.25, -0.2) is 4.79 Å². The molecule has 0 radical (unpaired) electrons. The first-order valence-electron chi connectivity index (χ1n) is 7.40. The number of hydrogen-bond donors (Lipinski definition) is 1. The van der Waals surface area contributed by atoms with Crippen LogP contribution in [0.5, 0.6) is 0 Å². The Labute approximate surface area is 145 Å². The molecular formula is C17H21BrN4O. The van der Waals surface area contributed by atoms with Crippen LogP contribution in [-0.2, 0) is 6.54 Å². The van der Waals surface area contributed by atoms with Crippen LogP contribution in [0.25, 0.3) is 0 Å². The van der Waals surface area contributed by atoms with Crippen LogP contribution < -0.4 is 5.32 Å². The molecule has 1 N–H and O–H groups in total. The molecule has 0 saturated heterocycles. The number of halogens is 1. The van der Waals surface area contributed by atoms with Gasteiger partial charge in [0, 0.05) is 30.3 Å². The van der Waals surface area contributed by atoms with Crippen LogP contribution in [0, 0.1) is 0 Å². The van der Waals surface area contributed by atoms with Crippen LogP contribution in [0.2, 0.25) is 0 Å². The van der Waals surface area contributed by atoms with Gasteiger partial charge < -0.3 is 15.1 Å². The number of pyridine rings is 1. The number of likely N-dealkylation sites (N-methyl/N-ethyl adjacent to an activating group) is 1. The maximum absolute atomic E-state index is 12.6. The fourth-order valence-electron chi connectivity index (χ4n) is 2.02. The van der Waals surface area contributed by atoms with E-state index in [1.165, 1.54) is 0 Å². The summed E-state index contributed by atoms with van der Waals surface area (Å²) in [5.74, 6) is 0. The van der Waals surface area contributed by atoms with Gasteiger partial charge in [-0.3, -0.25) is 4.98 Å². The Balaban J connectivity index is 2.06. The fraction of sp³-hybridized carbons (Fsp3) is 0.294. The van der Waals surface area contributed by atoms with E-state index in [2.05, 4.69) is 31.1 Å². The Morgan fingerprint density at radius 3 is 2.52 bits per heavy atom. The lowest BCUT2D eigenvalue weighted by Crippen LogP contribution is -2.39. The van der Waals surface area contributed by atoms with E-state index in [9.17, 15) is 4.79 Å². The molecule has 1 heterocycles. The topological polar surface area (TPSA) is 48.5 Å². The van der Waals surface area contributed by atoms with Crippen LogP contribution in [-0.4, -0.2) is 48.0 Å². The highest BCUT2D eigenvalue weighted by Crippen LogP contribution is 2.13. The summed E-state index contributed by atoms with van der Waals surface area (Å²) >= 11 is 3.43. The Bertz CT molecular complexity index is 616. The van der Waals surface area contributed by atoms with E-state index in [1.54, 1.807) is 23.4 Å². The first-order valence-corrected chi connectivity index (χ1v) is 8.19. The van der Waals surface area contributed by atoms with Gasteiger partial charge in [0.05, 0.1) is 11.9 Å². The van der Waals surface area contributed by atoms with E-state index >= 15 is 0 Å². The van der Waals surface area contributed by atoms with Crippen LogP contribution in [0.15, 0.2) is 53.3 Å². The largest absolute Gasteiger partial charge is 0.322 e. The van der Waals surface area contributed by atoms with Crippen molar-refractivity contribution in [2.45, 2.75) is 6.54 Å². The van der Waals surface area contributed by atoms with Crippen molar-refractivity contribution in [3.63, 3.8) is 0 Å². The molecule has 2 amide bonds. The van der Waals surface area contributed by atoms with Crippen LogP contribution in [0.1, 0.15) is 5.56 Å². The highest BCUT2D eigenvalue weighted by Gasteiger charge is 2.14. The Hall–Kier alpha value is -1.92. The molecule has 1 aromatic carbocycles. The van der Waals surface area contributed by atoms with Crippen LogP contribution in [0.4, 0.5) is 10.5 Å². The summed E-state index contributed by atoms with van der Waals surface area (Å²) in [5, 5.41) is 2.89. The van der Waals surface area contributed by atoms with Gasteiger partial charge >= 0.3 is 6.03 Å². The second-order valence-corrected chi connectivity index (χ2v) is 6.44. The SMILES string of the molecule is CN(C)CCN(Cc1ccc(Br)cc1)C(=O)Nc1cccnc1. The Morgan fingerprint density at radius 2 is 1.91 bits per heavy atom. The quantitative estimate of drug-likeness (QED) is 0.839. The molecule has 1 aromatic heterocycles. The van der Waals surface area contributed by atoms with Gasteiger partial charge in [0.15, 0.2) is 0 Å². The zero-order valence-corrected chi connectivity index (χ0v) is 15.0.